The van der Waals surface area contributed by atoms with E-state index < -0.39 is 0 Å². The number of hydrogen-bond acceptors (Lipinski definition) is 4. The van der Waals surface area contributed by atoms with Gasteiger partial charge >= 0.3 is 0 Å². The molecule has 1 unspecified atom stereocenters. The highest BCUT2D eigenvalue weighted by Gasteiger charge is 2.25. The van der Waals surface area contributed by atoms with Gasteiger partial charge in [-0.2, -0.15) is 0 Å². The summed E-state index contributed by atoms with van der Waals surface area (Å²) in [5.41, 5.74) is 1.66. The van der Waals surface area contributed by atoms with Gasteiger partial charge < -0.3 is 10.1 Å². The minimum atomic E-state index is 0.306. The van der Waals surface area contributed by atoms with Crippen LogP contribution in [0.25, 0.3) is 0 Å². The van der Waals surface area contributed by atoms with Crippen LogP contribution in [-0.2, 0) is 17.6 Å². The van der Waals surface area contributed by atoms with Gasteiger partial charge in [-0.3, -0.25) is 0 Å². The molecule has 2 rings (SSSR count). The third kappa shape index (κ3) is 4.26. The summed E-state index contributed by atoms with van der Waals surface area (Å²) in [6, 6.07) is 0.366. The number of aryl methyl sites for hydroxylation is 2. The quantitative estimate of drug-likeness (QED) is 0.813. The van der Waals surface area contributed by atoms with Crippen molar-refractivity contribution in [2.75, 3.05) is 20.3 Å². The molecule has 0 aliphatic heterocycles. The molecule has 1 aliphatic rings. The number of ether oxygens (including phenoxy) is 1. The van der Waals surface area contributed by atoms with E-state index in [9.17, 15) is 0 Å². The maximum absolute atomic E-state index is 5.14. The van der Waals surface area contributed by atoms with Crippen LogP contribution >= 0.6 is 11.3 Å². The number of methoxy groups -OCH3 is 1. The number of fused-ring (bicyclic) bond motifs is 1. The van der Waals surface area contributed by atoms with Crippen molar-refractivity contribution >= 4 is 11.3 Å². The van der Waals surface area contributed by atoms with Crippen LogP contribution in [0.3, 0.4) is 0 Å². The largest absolute Gasteiger partial charge is 0.383 e. The zero-order valence-electron chi connectivity index (χ0n) is 12.6. The molecule has 1 heterocycles. The maximum atomic E-state index is 5.14. The third-order valence-electron chi connectivity index (χ3n) is 3.42. The average Bonchev–Trinajstić information content (AvgIpc) is 2.86. The van der Waals surface area contributed by atoms with Crippen molar-refractivity contribution in [3.63, 3.8) is 0 Å². The Hall–Kier alpha value is -0.450. The van der Waals surface area contributed by atoms with Gasteiger partial charge in [-0.25, -0.2) is 4.98 Å². The first-order chi connectivity index (χ1) is 8.99. The predicted octanol–water partition coefficient (Wildman–Crippen LogP) is 3.35. The van der Waals surface area contributed by atoms with Gasteiger partial charge in [-0.1, -0.05) is 20.8 Å². The van der Waals surface area contributed by atoms with Crippen LogP contribution in [0, 0.1) is 5.41 Å². The molecule has 1 aliphatic carbocycles. The van der Waals surface area contributed by atoms with Crippen LogP contribution in [-0.4, -0.2) is 25.2 Å². The van der Waals surface area contributed by atoms with Crippen LogP contribution in [0.4, 0.5) is 0 Å². The number of hydrogen-bond donors (Lipinski definition) is 1. The minimum Gasteiger partial charge on any atom is -0.383 e. The van der Waals surface area contributed by atoms with E-state index >= 15 is 0 Å². The zero-order valence-corrected chi connectivity index (χ0v) is 13.4. The van der Waals surface area contributed by atoms with E-state index in [-0.39, 0.29) is 0 Å². The average molecular weight is 282 g/mol. The third-order valence-corrected chi connectivity index (χ3v) is 4.69. The summed E-state index contributed by atoms with van der Waals surface area (Å²) in [4.78, 5) is 6.39. The minimum absolute atomic E-state index is 0.306. The van der Waals surface area contributed by atoms with E-state index in [2.05, 4.69) is 26.1 Å². The van der Waals surface area contributed by atoms with Crippen molar-refractivity contribution in [2.45, 2.75) is 52.5 Å². The highest BCUT2D eigenvalue weighted by molar-refractivity contribution is 7.11. The molecule has 108 valence electrons. The van der Waals surface area contributed by atoms with Gasteiger partial charge in [-0.15, -0.1) is 11.3 Å². The first kappa shape index (κ1) is 14.9. The standard InChI is InChI=1S/C15H26N2OS/c1-15(2,3)10-12(16-8-9-18-4)14-17-11-6-5-7-13(11)19-14/h12,16H,5-10H2,1-4H3. The van der Waals surface area contributed by atoms with Crippen LogP contribution in [0.15, 0.2) is 0 Å². The summed E-state index contributed by atoms with van der Waals surface area (Å²) in [5, 5.41) is 4.88. The summed E-state index contributed by atoms with van der Waals surface area (Å²) < 4.78 is 5.14. The summed E-state index contributed by atoms with van der Waals surface area (Å²) in [5.74, 6) is 0. The van der Waals surface area contributed by atoms with E-state index in [4.69, 9.17) is 9.72 Å². The predicted molar refractivity (Wildman–Crippen MR) is 80.8 cm³/mol. The molecule has 3 nitrogen and oxygen atoms in total. The molecule has 0 bridgehead atoms. The lowest BCUT2D eigenvalue weighted by molar-refractivity contribution is 0.190. The van der Waals surface area contributed by atoms with Gasteiger partial charge in [0.2, 0.25) is 0 Å². The molecule has 0 saturated heterocycles. The van der Waals surface area contributed by atoms with Gasteiger partial charge in [0.1, 0.15) is 5.01 Å². The number of nitrogens with zero attached hydrogens (tertiary/aromatic N) is 1. The summed E-state index contributed by atoms with van der Waals surface area (Å²) in [6.07, 6.45) is 4.80. The van der Waals surface area contributed by atoms with E-state index in [1.807, 2.05) is 11.3 Å². The second-order valence-corrected chi connectivity index (χ2v) is 7.66. The molecule has 0 saturated carbocycles. The Bertz CT molecular complexity index is 387. The maximum Gasteiger partial charge on any atom is 0.110 e. The van der Waals surface area contributed by atoms with Gasteiger partial charge in [0.15, 0.2) is 0 Å². The molecular formula is C15H26N2OS. The Morgan fingerprint density at radius 3 is 2.79 bits per heavy atom. The normalized spacial score (nSPS) is 16.6. The molecule has 1 atom stereocenters. The summed E-state index contributed by atoms with van der Waals surface area (Å²) >= 11 is 1.91. The van der Waals surface area contributed by atoms with Crippen molar-refractivity contribution in [3.8, 4) is 0 Å². The molecule has 4 heteroatoms. The highest BCUT2D eigenvalue weighted by atomic mass is 32.1. The molecule has 0 aromatic carbocycles. The van der Waals surface area contributed by atoms with Gasteiger partial charge in [0.25, 0.3) is 0 Å². The molecule has 1 N–H and O–H groups in total. The van der Waals surface area contributed by atoms with Crippen LogP contribution < -0.4 is 5.32 Å². The Morgan fingerprint density at radius 2 is 2.16 bits per heavy atom. The van der Waals surface area contributed by atoms with E-state index in [0.29, 0.717) is 11.5 Å². The topological polar surface area (TPSA) is 34.1 Å². The summed E-state index contributed by atoms with van der Waals surface area (Å²) in [6.45, 7) is 8.52. The molecular weight excluding hydrogens is 256 g/mol. The van der Waals surface area contributed by atoms with Gasteiger partial charge in [0, 0.05) is 18.5 Å². The van der Waals surface area contributed by atoms with Crippen LogP contribution in [0.1, 0.15) is 55.2 Å². The Labute approximate surface area is 120 Å². The van der Waals surface area contributed by atoms with Crippen molar-refractivity contribution in [1.82, 2.24) is 10.3 Å². The SMILES string of the molecule is COCCNC(CC(C)(C)C)c1nc2c(s1)CCC2. The smallest absolute Gasteiger partial charge is 0.110 e. The number of nitrogens with one attached hydrogen (secondary N) is 1. The van der Waals surface area contributed by atoms with E-state index in [0.717, 1.165) is 19.6 Å². The van der Waals surface area contributed by atoms with Gasteiger partial charge in [-0.05, 0) is 31.1 Å². The lowest BCUT2D eigenvalue weighted by atomic mass is 9.88. The first-order valence-electron chi connectivity index (χ1n) is 7.20. The summed E-state index contributed by atoms with van der Waals surface area (Å²) in [7, 11) is 1.75. The van der Waals surface area contributed by atoms with Crippen LogP contribution in [0.2, 0.25) is 0 Å². The molecule has 0 radical (unpaired) electrons. The van der Waals surface area contributed by atoms with Crippen molar-refractivity contribution in [2.24, 2.45) is 5.41 Å². The lowest BCUT2D eigenvalue weighted by Gasteiger charge is -2.25. The second-order valence-electron chi connectivity index (χ2n) is 6.54. The molecule has 1 aromatic heterocycles. The number of rotatable bonds is 6. The molecule has 1 aromatic rings. The number of aromatic nitrogens is 1. The fraction of sp³-hybridized carbons (Fsp3) is 0.800. The monoisotopic (exact) mass is 282 g/mol. The van der Waals surface area contributed by atoms with Crippen molar-refractivity contribution in [1.29, 1.82) is 0 Å². The Morgan fingerprint density at radius 1 is 1.37 bits per heavy atom. The van der Waals surface area contributed by atoms with Gasteiger partial charge in [0.05, 0.1) is 18.3 Å². The highest BCUT2D eigenvalue weighted by Crippen LogP contribution is 2.35. The zero-order chi connectivity index (χ0) is 13.9. The first-order valence-corrected chi connectivity index (χ1v) is 8.02. The number of thiazole rings is 1. The van der Waals surface area contributed by atoms with Crippen molar-refractivity contribution in [3.05, 3.63) is 15.6 Å². The van der Waals surface area contributed by atoms with E-state index in [1.54, 1.807) is 7.11 Å². The van der Waals surface area contributed by atoms with Crippen LogP contribution in [0.5, 0.6) is 0 Å². The molecule has 19 heavy (non-hydrogen) atoms. The molecule has 0 amide bonds. The fourth-order valence-corrected chi connectivity index (χ4v) is 3.78. The van der Waals surface area contributed by atoms with Crippen molar-refractivity contribution < 1.29 is 4.74 Å². The molecule has 0 spiro atoms. The molecule has 0 fully saturated rings. The Balaban J connectivity index is 2.06. The van der Waals surface area contributed by atoms with E-state index in [1.165, 1.54) is 34.8 Å². The fourth-order valence-electron chi connectivity index (χ4n) is 2.55. The lowest BCUT2D eigenvalue weighted by Crippen LogP contribution is -2.28. The Kier molecular flexibility index (Phi) is 4.98. The second kappa shape index (κ2) is 6.33.